The van der Waals surface area contributed by atoms with Crippen molar-refractivity contribution in [2.24, 2.45) is 0 Å². The van der Waals surface area contributed by atoms with E-state index in [0.717, 1.165) is 65.3 Å². The highest BCUT2D eigenvalue weighted by atomic mass is 16.6. The van der Waals surface area contributed by atoms with Gasteiger partial charge < -0.3 is 24.3 Å². The summed E-state index contributed by atoms with van der Waals surface area (Å²) in [7, 11) is 2.11. The minimum Gasteiger partial charge on any atom is -0.424 e. The Labute approximate surface area is 290 Å². The molecule has 0 saturated carbocycles. The summed E-state index contributed by atoms with van der Waals surface area (Å²) < 4.78 is 13.5. The van der Waals surface area contributed by atoms with Crippen molar-refractivity contribution >= 4 is 40.0 Å². The predicted octanol–water partition coefficient (Wildman–Crippen LogP) is 6.67. The quantitative estimate of drug-likeness (QED) is 0.0936. The number of para-hydroxylation sites is 1. The highest BCUT2D eigenvalue weighted by Crippen LogP contribution is 2.30. The minimum atomic E-state index is -0.714. The summed E-state index contributed by atoms with van der Waals surface area (Å²) in [6.45, 7) is 4.83. The molecule has 0 bridgehead atoms. The lowest BCUT2D eigenvalue weighted by Gasteiger charge is -2.28. The van der Waals surface area contributed by atoms with E-state index in [1.165, 1.54) is 0 Å². The molecule has 3 heterocycles. The monoisotopic (exact) mass is 669 g/mol. The van der Waals surface area contributed by atoms with Gasteiger partial charge in [-0.1, -0.05) is 54.6 Å². The van der Waals surface area contributed by atoms with E-state index < -0.39 is 6.09 Å². The molecule has 6 aromatic rings. The molecule has 4 aromatic carbocycles. The predicted molar refractivity (Wildman–Crippen MR) is 194 cm³/mol. The van der Waals surface area contributed by atoms with Crippen molar-refractivity contribution in [3.8, 4) is 17.5 Å². The lowest BCUT2D eigenvalue weighted by molar-refractivity contribution is -0.110. The Morgan fingerprint density at radius 2 is 1.64 bits per heavy atom. The number of aromatic nitrogens is 3. The normalized spacial score (nSPS) is 13.2. The van der Waals surface area contributed by atoms with Crippen LogP contribution in [0.4, 0.5) is 4.79 Å². The van der Waals surface area contributed by atoms with Gasteiger partial charge in [0.25, 0.3) is 0 Å². The Morgan fingerprint density at radius 1 is 0.900 bits per heavy atom. The highest BCUT2D eigenvalue weighted by Gasteiger charge is 2.16. The number of amidine groups is 1. The average Bonchev–Trinajstić information content (AvgIpc) is 3.44. The molecule has 3 N–H and O–H groups in total. The van der Waals surface area contributed by atoms with E-state index in [1.807, 2.05) is 48.5 Å². The molecule has 7 rings (SSSR count). The van der Waals surface area contributed by atoms with Crippen LogP contribution < -0.4 is 20.1 Å². The van der Waals surface area contributed by atoms with E-state index in [1.54, 1.807) is 42.7 Å². The molecule has 2 amide bonds. The molecule has 254 valence electrons. The zero-order chi connectivity index (χ0) is 34.9. The Kier molecular flexibility index (Phi) is 10.7. The first-order chi connectivity index (χ1) is 24.4. The maximum atomic E-state index is 12.4. The first kappa shape index (κ1) is 33.8. The number of piperidine rings is 1. The fraction of sp³-hybridized carbons (Fsp3) is 0.205. The molecule has 11 nitrogen and oxygen atoms in total. The fourth-order valence-corrected chi connectivity index (χ4v) is 5.99. The number of likely N-dealkylation sites (tertiary alicyclic amines) is 1. The van der Waals surface area contributed by atoms with Crippen LogP contribution in [0.15, 0.2) is 109 Å². The summed E-state index contributed by atoms with van der Waals surface area (Å²) in [4.78, 5) is 33.0. The molecule has 1 aliphatic heterocycles. The molecule has 1 saturated heterocycles. The smallest absolute Gasteiger partial charge is 0.418 e. The van der Waals surface area contributed by atoms with Gasteiger partial charge in [-0.3, -0.25) is 15.5 Å². The van der Waals surface area contributed by atoms with Crippen molar-refractivity contribution in [1.82, 2.24) is 30.1 Å². The van der Waals surface area contributed by atoms with Crippen LogP contribution >= 0.6 is 0 Å². The molecule has 50 heavy (non-hydrogen) atoms. The Balaban J connectivity index is 0.000000373. The number of nitrogens with one attached hydrogen (secondary N) is 3. The van der Waals surface area contributed by atoms with Gasteiger partial charge in [0, 0.05) is 41.8 Å². The lowest BCUT2D eigenvalue weighted by atomic mass is 10.0. The van der Waals surface area contributed by atoms with Crippen molar-refractivity contribution in [3.05, 3.63) is 126 Å². The molecule has 0 radical (unpaired) electrons. The van der Waals surface area contributed by atoms with Crippen molar-refractivity contribution in [3.63, 3.8) is 0 Å². The molecule has 1 aliphatic rings. The number of carbonyl (C=O) groups excluding carboxylic acids is 2. The Morgan fingerprint density at radius 3 is 2.40 bits per heavy atom. The number of aryl methyl sites for hydroxylation is 1. The van der Waals surface area contributed by atoms with Crippen molar-refractivity contribution in [2.45, 2.75) is 32.4 Å². The van der Waals surface area contributed by atoms with Crippen LogP contribution in [0.5, 0.6) is 17.5 Å². The van der Waals surface area contributed by atoms with Gasteiger partial charge in [-0.2, -0.15) is 0 Å². The van der Waals surface area contributed by atoms with E-state index in [0.29, 0.717) is 29.6 Å². The number of hydrogen-bond acceptors (Lipinski definition) is 8. The second-order valence-electron chi connectivity index (χ2n) is 12.1. The second kappa shape index (κ2) is 15.9. The van der Waals surface area contributed by atoms with Crippen LogP contribution in [0.3, 0.4) is 0 Å². The summed E-state index contributed by atoms with van der Waals surface area (Å²) in [5.74, 6) is 1.01. The Bertz CT molecular complexity index is 2090. The minimum absolute atomic E-state index is 0.0445. The standard InChI is InChI=1S/C32H25N5O3.C7H14N2O/c1-21-16-23-12-13-24(30(33)36-32(38)40-26-9-3-2-4-10-26)19-29(23)37(21)20-25-18-27(39-31-34-14-7-15-35-31)17-22-8-5-6-11-28(22)25;1-9-4-2-7(3-5-9)8-6-10/h2-19H,20H2,1H3,(H2,33,36,38);6-7H,2-5H2,1H3,(H,8,10). The largest absolute Gasteiger partial charge is 0.424 e. The Hall–Kier alpha value is -6.07. The zero-order valence-corrected chi connectivity index (χ0v) is 28.0. The molecule has 0 aliphatic carbocycles. The summed E-state index contributed by atoms with van der Waals surface area (Å²) in [5, 5.41) is 17.0. The number of carbonyl (C=O) groups is 2. The third-order valence-corrected chi connectivity index (χ3v) is 8.60. The molecular weight excluding hydrogens is 630 g/mol. The maximum Gasteiger partial charge on any atom is 0.418 e. The summed E-state index contributed by atoms with van der Waals surface area (Å²) in [6, 6.07) is 31.2. The van der Waals surface area contributed by atoms with Gasteiger partial charge in [-0.15, -0.1) is 0 Å². The fourth-order valence-electron chi connectivity index (χ4n) is 5.99. The van der Waals surface area contributed by atoms with Gasteiger partial charge in [-0.05, 0) is 104 Å². The van der Waals surface area contributed by atoms with Gasteiger partial charge in [0.15, 0.2) is 0 Å². The van der Waals surface area contributed by atoms with Crippen LogP contribution in [0.25, 0.3) is 21.7 Å². The van der Waals surface area contributed by atoms with Crippen LogP contribution in [-0.2, 0) is 11.3 Å². The van der Waals surface area contributed by atoms with Crippen LogP contribution in [0, 0.1) is 12.3 Å². The lowest BCUT2D eigenvalue weighted by Crippen LogP contribution is -2.40. The van der Waals surface area contributed by atoms with Gasteiger partial charge in [0.1, 0.15) is 17.3 Å². The van der Waals surface area contributed by atoms with E-state index in [4.69, 9.17) is 14.9 Å². The van der Waals surface area contributed by atoms with Crippen LogP contribution in [0.2, 0.25) is 0 Å². The number of ether oxygens (including phenoxy) is 2. The van der Waals surface area contributed by atoms with Crippen molar-refractivity contribution in [2.75, 3.05) is 20.1 Å². The number of fused-ring (bicyclic) bond motifs is 2. The van der Waals surface area contributed by atoms with Crippen molar-refractivity contribution in [1.29, 1.82) is 5.41 Å². The number of rotatable bonds is 8. The second-order valence-corrected chi connectivity index (χ2v) is 12.1. The molecule has 0 spiro atoms. The number of benzene rings is 4. The summed E-state index contributed by atoms with van der Waals surface area (Å²) in [5.41, 5.74) is 3.64. The van der Waals surface area contributed by atoms with E-state index >= 15 is 0 Å². The van der Waals surface area contributed by atoms with Crippen LogP contribution in [0.1, 0.15) is 29.7 Å². The zero-order valence-electron chi connectivity index (χ0n) is 28.0. The maximum absolute atomic E-state index is 12.4. The van der Waals surface area contributed by atoms with Gasteiger partial charge in [0.2, 0.25) is 6.41 Å². The molecule has 2 aromatic heterocycles. The summed E-state index contributed by atoms with van der Waals surface area (Å²) in [6.07, 6.45) is 5.56. The highest BCUT2D eigenvalue weighted by molar-refractivity contribution is 6.06. The topological polar surface area (TPSA) is 134 Å². The SMILES string of the molecule is CN1CCC(NC=O)CC1.Cc1cc2ccc(C(=N)NC(=O)Oc3ccccc3)cc2n1Cc1cc(Oc2ncccn2)cc2ccccc12. The third kappa shape index (κ3) is 8.50. The molecular formula is C39H39N7O4. The third-order valence-electron chi connectivity index (χ3n) is 8.60. The number of nitrogens with zero attached hydrogens (tertiary/aromatic N) is 4. The molecule has 0 atom stereocenters. The van der Waals surface area contributed by atoms with Crippen molar-refractivity contribution < 1.29 is 19.1 Å². The first-order valence-corrected chi connectivity index (χ1v) is 16.4. The van der Waals surface area contributed by atoms with E-state index in [-0.39, 0.29) is 11.8 Å². The average molecular weight is 670 g/mol. The first-order valence-electron chi connectivity index (χ1n) is 16.4. The van der Waals surface area contributed by atoms with Gasteiger partial charge in [-0.25, -0.2) is 14.8 Å². The summed E-state index contributed by atoms with van der Waals surface area (Å²) >= 11 is 0. The van der Waals surface area contributed by atoms with Crippen LogP contribution in [-0.4, -0.2) is 64.0 Å². The molecule has 11 heteroatoms. The van der Waals surface area contributed by atoms with E-state index in [2.05, 4.69) is 62.2 Å². The number of hydrogen-bond donors (Lipinski definition) is 3. The molecule has 1 fully saturated rings. The molecule has 0 unspecified atom stereocenters. The van der Waals surface area contributed by atoms with E-state index in [9.17, 15) is 9.59 Å². The number of amides is 2. The van der Waals surface area contributed by atoms with Gasteiger partial charge >= 0.3 is 12.1 Å². The van der Waals surface area contributed by atoms with Gasteiger partial charge in [0.05, 0.1) is 0 Å².